The highest BCUT2D eigenvalue weighted by Crippen LogP contribution is 2.49. The fourth-order valence-corrected chi connectivity index (χ4v) is 4.95. The fourth-order valence-electron chi connectivity index (χ4n) is 4.95. The average Bonchev–Trinajstić information content (AvgIpc) is 3.66. The van der Waals surface area contributed by atoms with E-state index in [-0.39, 0.29) is 11.9 Å². The van der Waals surface area contributed by atoms with Crippen molar-refractivity contribution in [2.45, 2.75) is 12.2 Å². The van der Waals surface area contributed by atoms with Gasteiger partial charge in [0.05, 0.1) is 36.4 Å². The third-order valence-electron chi connectivity index (χ3n) is 6.69. The van der Waals surface area contributed by atoms with Crippen molar-refractivity contribution >= 4 is 16.7 Å². The van der Waals surface area contributed by atoms with Crippen LogP contribution in [-0.2, 0) is 4.74 Å². The Morgan fingerprint density at radius 1 is 0.778 bits per heavy atom. The molecule has 1 fully saturated rings. The molecule has 4 aromatic carbocycles. The Hall–Kier alpha value is -4.35. The van der Waals surface area contributed by atoms with E-state index in [1.165, 1.54) is 0 Å². The van der Waals surface area contributed by atoms with Gasteiger partial charge in [-0.15, -0.1) is 0 Å². The predicted octanol–water partition coefficient (Wildman–Crippen LogP) is 6.84. The first-order valence-electron chi connectivity index (χ1n) is 11.9. The van der Waals surface area contributed by atoms with Gasteiger partial charge in [-0.2, -0.15) is 0 Å². The molecule has 0 unspecified atom stereocenters. The van der Waals surface area contributed by atoms with E-state index in [1.807, 2.05) is 66.7 Å². The van der Waals surface area contributed by atoms with Crippen LogP contribution in [-0.4, -0.2) is 31.1 Å². The Balaban J connectivity index is 1.60. The number of carbonyl (C=O) groups excluding carboxylic acids is 1. The van der Waals surface area contributed by atoms with Crippen LogP contribution in [0.25, 0.3) is 33.3 Å². The topological polar surface area (TPSA) is 63.9 Å². The number of ketones is 1. The van der Waals surface area contributed by atoms with Crippen LogP contribution < -0.4 is 9.47 Å². The minimum atomic E-state index is -0.568. The summed E-state index contributed by atoms with van der Waals surface area (Å²) in [4.78, 5) is 17.5. The maximum absolute atomic E-state index is 13.9. The molecule has 6 rings (SSSR count). The zero-order valence-electron chi connectivity index (χ0n) is 20.0. The van der Waals surface area contributed by atoms with Crippen molar-refractivity contribution in [3.05, 3.63) is 108 Å². The highest BCUT2D eigenvalue weighted by molar-refractivity contribution is 6.18. The number of hydrogen-bond acceptors (Lipinski definition) is 4. The summed E-state index contributed by atoms with van der Waals surface area (Å²) in [6.07, 6.45) is -0.834. The molecule has 178 valence electrons. The molecule has 5 heteroatoms. The Morgan fingerprint density at radius 3 is 1.97 bits per heavy atom. The van der Waals surface area contributed by atoms with Crippen LogP contribution in [0.3, 0.4) is 0 Å². The van der Waals surface area contributed by atoms with Gasteiger partial charge in [0, 0.05) is 11.6 Å². The molecular weight excluding hydrogens is 450 g/mol. The summed E-state index contributed by atoms with van der Waals surface area (Å²) in [5.74, 6) is 0.966. The van der Waals surface area contributed by atoms with Crippen molar-refractivity contribution in [1.82, 2.24) is 4.98 Å². The molecule has 0 spiro atoms. The van der Waals surface area contributed by atoms with Crippen LogP contribution in [0.4, 0.5) is 0 Å². The molecule has 36 heavy (non-hydrogen) atoms. The number of H-pyrrole nitrogens is 1. The molecule has 2 atom stereocenters. The van der Waals surface area contributed by atoms with Gasteiger partial charge in [0.25, 0.3) is 0 Å². The molecule has 5 aromatic rings. The van der Waals surface area contributed by atoms with Gasteiger partial charge in [-0.05, 0) is 16.7 Å². The lowest BCUT2D eigenvalue weighted by Gasteiger charge is -2.13. The van der Waals surface area contributed by atoms with E-state index in [4.69, 9.17) is 14.2 Å². The first-order chi connectivity index (χ1) is 17.7. The lowest BCUT2D eigenvalue weighted by molar-refractivity contribution is 0.0952. The molecule has 0 bridgehead atoms. The monoisotopic (exact) mass is 475 g/mol. The van der Waals surface area contributed by atoms with Crippen LogP contribution in [0.2, 0.25) is 0 Å². The van der Waals surface area contributed by atoms with Gasteiger partial charge in [0.1, 0.15) is 17.6 Å². The molecule has 5 nitrogen and oxygen atoms in total. The number of aromatic nitrogens is 1. The molecule has 1 aliphatic rings. The fraction of sp³-hybridized carbons (Fsp3) is 0.129. The number of rotatable bonds is 7. The van der Waals surface area contributed by atoms with E-state index >= 15 is 0 Å². The van der Waals surface area contributed by atoms with Gasteiger partial charge in [0.15, 0.2) is 11.9 Å². The van der Waals surface area contributed by atoms with Crippen molar-refractivity contribution in [2.24, 2.45) is 0 Å². The van der Waals surface area contributed by atoms with Gasteiger partial charge >= 0.3 is 0 Å². The van der Waals surface area contributed by atoms with Crippen LogP contribution in [0.15, 0.2) is 97.1 Å². The van der Waals surface area contributed by atoms with Crippen LogP contribution >= 0.6 is 0 Å². The van der Waals surface area contributed by atoms with Crippen molar-refractivity contribution < 1.29 is 19.0 Å². The van der Waals surface area contributed by atoms with E-state index in [9.17, 15) is 4.79 Å². The van der Waals surface area contributed by atoms with Crippen molar-refractivity contribution in [1.29, 1.82) is 0 Å². The summed E-state index contributed by atoms with van der Waals surface area (Å²) in [7, 11) is 3.20. The van der Waals surface area contributed by atoms with Crippen LogP contribution in [0, 0.1) is 0 Å². The summed E-state index contributed by atoms with van der Waals surface area (Å²) in [6.45, 7) is 0. The summed E-state index contributed by atoms with van der Waals surface area (Å²) < 4.78 is 17.4. The number of ether oxygens (including phenoxy) is 3. The maximum atomic E-state index is 13.9. The standard InChI is InChI=1S/C31H25NO4/c1-34-22-18-23(35-2)26(29(33)31-30(36-31)21-16-10-5-11-17-21)28-25(22)24(19-12-6-3-7-13-19)27(32-28)20-14-8-4-9-15-20/h3-18,30-32H,1-2H3/t30-,31-/m1/s1. The Labute approximate surface area is 209 Å². The number of Topliss-reactive ketones (excluding diaryl/α,β-unsaturated/α-hetero) is 1. The largest absolute Gasteiger partial charge is 0.496 e. The molecule has 0 amide bonds. The number of benzene rings is 4. The third-order valence-corrected chi connectivity index (χ3v) is 6.69. The van der Waals surface area contributed by atoms with E-state index in [2.05, 4.69) is 29.2 Å². The third kappa shape index (κ3) is 3.65. The van der Waals surface area contributed by atoms with Gasteiger partial charge in [0.2, 0.25) is 0 Å². The number of epoxide rings is 1. The molecule has 1 aromatic heterocycles. The molecule has 1 N–H and O–H groups in total. The number of fused-ring (bicyclic) bond motifs is 1. The zero-order valence-corrected chi connectivity index (χ0v) is 20.0. The quantitative estimate of drug-likeness (QED) is 0.207. The molecule has 2 heterocycles. The van der Waals surface area contributed by atoms with E-state index < -0.39 is 6.10 Å². The summed E-state index contributed by atoms with van der Waals surface area (Å²) in [6, 6.07) is 31.8. The second kappa shape index (κ2) is 9.02. The van der Waals surface area contributed by atoms with E-state index in [0.717, 1.165) is 33.3 Å². The maximum Gasteiger partial charge on any atom is 0.200 e. The molecule has 0 aliphatic carbocycles. The molecule has 1 saturated heterocycles. The van der Waals surface area contributed by atoms with E-state index in [0.29, 0.717) is 22.6 Å². The van der Waals surface area contributed by atoms with Crippen molar-refractivity contribution in [3.8, 4) is 33.9 Å². The summed E-state index contributed by atoms with van der Waals surface area (Å²) >= 11 is 0. The number of methoxy groups -OCH3 is 2. The first kappa shape index (κ1) is 22.1. The van der Waals surface area contributed by atoms with E-state index in [1.54, 1.807) is 20.3 Å². The van der Waals surface area contributed by atoms with Crippen LogP contribution in [0.1, 0.15) is 22.0 Å². The normalized spacial score (nSPS) is 16.6. The zero-order chi connectivity index (χ0) is 24.6. The average molecular weight is 476 g/mol. The smallest absolute Gasteiger partial charge is 0.200 e. The second-order valence-corrected chi connectivity index (χ2v) is 8.77. The van der Waals surface area contributed by atoms with Crippen LogP contribution in [0.5, 0.6) is 11.5 Å². The van der Waals surface area contributed by atoms with Gasteiger partial charge in [-0.25, -0.2) is 0 Å². The Morgan fingerprint density at radius 2 is 1.36 bits per heavy atom. The second-order valence-electron chi connectivity index (χ2n) is 8.77. The van der Waals surface area contributed by atoms with Gasteiger partial charge in [-0.3, -0.25) is 4.79 Å². The first-order valence-corrected chi connectivity index (χ1v) is 11.9. The SMILES string of the molecule is COc1cc(OC)c2c(-c3ccccc3)c(-c3ccccc3)[nH]c2c1C(=O)[C@H]1O[C@@H]1c1ccccc1. The minimum Gasteiger partial charge on any atom is -0.496 e. The number of nitrogens with one attached hydrogen (secondary N) is 1. The predicted molar refractivity (Wildman–Crippen MR) is 141 cm³/mol. The number of aromatic amines is 1. The number of hydrogen-bond donors (Lipinski definition) is 1. The number of carbonyl (C=O) groups is 1. The van der Waals surface area contributed by atoms with Crippen molar-refractivity contribution in [2.75, 3.05) is 14.2 Å². The Bertz CT molecular complexity index is 1540. The highest BCUT2D eigenvalue weighted by atomic mass is 16.6. The highest BCUT2D eigenvalue weighted by Gasteiger charge is 2.47. The molecule has 1 aliphatic heterocycles. The van der Waals surface area contributed by atoms with Crippen molar-refractivity contribution in [3.63, 3.8) is 0 Å². The lowest BCUT2D eigenvalue weighted by Crippen LogP contribution is -2.11. The molecular formula is C31H25NO4. The molecule has 0 radical (unpaired) electrons. The molecule has 0 saturated carbocycles. The van der Waals surface area contributed by atoms with Gasteiger partial charge < -0.3 is 19.2 Å². The summed E-state index contributed by atoms with van der Waals surface area (Å²) in [5.41, 5.74) is 6.05. The lowest BCUT2D eigenvalue weighted by atomic mass is 9.95. The summed E-state index contributed by atoms with van der Waals surface area (Å²) in [5, 5.41) is 0.837. The Kier molecular flexibility index (Phi) is 5.55. The van der Waals surface area contributed by atoms with Gasteiger partial charge in [-0.1, -0.05) is 91.0 Å². The minimum absolute atomic E-state index is 0.117.